The van der Waals surface area contributed by atoms with Crippen molar-refractivity contribution in [2.75, 3.05) is 10.6 Å². The second-order valence-electron chi connectivity index (χ2n) is 14.4. The highest BCUT2D eigenvalue weighted by molar-refractivity contribution is 6.40. The van der Waals surface area contributed by atoms with Crippen LogP contribution in [-0.4, -0.2) is 37.0 Å². The molecule has 2 amide bonds. The Morgan fingerprint density at radius 1 is 0.845 bits per heavy atom. The summed E-state index contributed by atoms with van der Waals surface area (Å²) in [6.07, 6.45) is 6.85. The first-order valence-corrected chi connectivity index (χ1v) is 20.1. The number of rotatable bonds is 13. The van der Waals surface area contributed by atoms with Gasteiger partial charge < -0.3 is 24.7 Å². The van der Waals surface area contributed by atoms with E-state index >= 15 is 0 Å². The van der Waals surface area contributed by atoms with Crippen LogP contribution in [0.3, 0.4) is 0 Å². The van der Waals surface area contributed by atoms with Gasteiger partial charge in [-0.15, -0.1) is 0 Å². The highest BCUT2D eigenvalue weighted by atomic mass is 35.5. The minimum atomic E-state index is -1.30. The summed E-state index contributed by atoms with van der Waals surface area (Å²) in [5.41, 5.74) is 3.49. The van der Waals surface area contributed by atoms with Gasteiger partial charge in [0.15, 0.2) is 23.0 Å². The number of halogens is 2. The molecule has 298 valence electrons. The Kier molecular flexibility index (Phi) is 12.6. The molecule has 2 heterocycles. The summed E-state index contributed by atoms with van der Waals surface area (Å²) >= 11 is 13.1. The molecule has 1 saturated carbocycles. The fourth-order valence-corrected chi connectivity index (χ4v) is 7.64. The van der Waals surface area contributed by atoms with Gasteiger partial charge >= 0.3 is 0 Å². The molecular weight excluding hydrogens is 775 g/mol. The van der Waals surface area contributed by atoms with E-state index in [1.54, 1.807) is 34.9 Å². The highest BCUT2D eigenvalue weighted by Crippen LogP contribution is 2.37. The first kappa shape index (κ1) is 40.3. The number of benzene rings is 4. The van der Waals surface area contributed by atoms with E-state index in [-0.39, 0.29) is 39.3 Å². The number of nitrogens with one attached hydrogen (secondary N) is 2. The molecule has 2 N–H and O–H groups in total. The van der Waals surface area contributed by atoms with E-state index in [4.69, 9.17) is 37.7 Å². The number of aromatic nitrogens is 4. The number of imidazole rings is 1. The molecule has 2 atom stereocenters. The van der Waals surface area contributed by atoms with E-state index in [2.05, 4.69) is 15.6 Å². The smallest absolute Gasteiger partial charge is 0.265 e. The number of hydrogen-bond donors (Lipinski definition) is 2. The van der Waals surface area contributed by atoms with Crippen molar-refractivity contribution in [3.05, 3.63) is 147 Å². The Morgan fingerprint density at radius 3 is 2.22 bits per heavy atom. The summed E-state index contributed by atoms with van der Waals surface area (Å²) in [7, 11) is 0. The van der Waals surface area contributed by atoms with Crippen LogP contribution in [0.25, 0.3) is 11.1 Å². The van der Waals surface area contributed by atoms with E-state index in [1.165, 1.54) is 17.1 Å². The molecule has 1 aliphatic rings. The van der Waals surface area contributed by atoms with Gasteiger partial charge in [0.25, 0.3) is 17.4 Å². The van der Waals surface area contributed by atoms with E-state index < -0.39 is 18.1 Å². The lowest BCUT2D eigenvalue weighted by molar-refractivity contribution is -0.123. The van der Waals surface area contributed by atoms with Crippen molar-refractivity contribution in [3.63, 3.8) is 0 Å². The SMILES string of the molecule is CCC(Oc1ccc(C)cc1C)C(=O)Nc1ccc(Oc2ccccc2)c(NC(=O)C(c2ncc(-c3ccccc3)c(=O)n2C2CCCCC2)n2cnc(Cl)c2Cl)c1. The first-order chi connectivity index (χ1) is 28.1. The summed E-state index contributed by atoms with van der Waals surface area (Å²) < 4.78 is 15.5. The molecule has 1 aliphatic carbocycles. The van der Waals surface area contributed by atoms with Crippen LogP contribution >= 0.6 is 23.2 Å². The summed E-state index contributed by atoms with van der Waals surface area (Å²) in [6.45, 7) is 5.81. The van der Waals surface area contributed by atoms with Crippen molar-refractivity contribution in [2.24, 2.45) is 0 Å². The van der Waals surface area contributed by atoms with Crippen molar-refractivity contribution in [1.29, 1.82) is 0 Å². The molecule has 4 aromatic carbocycles. The van der Waals surface area contributed by atoms with Gasteiger partial charge in [-0.3, -0.25) is 19.0 Å². The van der Waals surface area contributed by atoms with Gasteiger partial charge in [0.05, 0.1) is 17.6 Å². The molecule has 6 aromatic rings. The maximum Gasteiger partial charge on any atom is 0.265 e. The molecule has 0 spiro atoms. The number of carbonyl (C=O) groups is 2. The van der Waals surface area contributed by atoms with E-state index in [1.807, 2.05) is 87.5 Å². The maximum atomic E-state index is 14.9. The van der Waals surface area contributed by atoms with Gasteiger partial charge in [-0.25, -0.2) is 9.97 Å². The maximum absolute atomic E-state index is 14.9. The van der Waals surface area contributed by atoms with Crippen molar-refractivity contribution in [2.45, 2.75) is 77.5 Å². The molecular formula is C45H44Cl2N6O5. The van der Waals surface area contributed by atoms with Crippen LogP contribution in [0.2, 0.25) is 10.3 Å². The van der Waals surface area contributed by atoms with Gasteiger partial charge in [0.2, 0.25) is 0 Å². The third-order valence-electron chi connectivity index (χ3n) is 10.2. The van der Waals surface area contributed by atoms with Gasteiger partial charge in [0, 0.05) is 17.9 Å². The van der Waals surface area contributed by atoms with Crippen molar-refractivity contribution in [3.8, 4) is 28.4 Å². The number of ether oxygens (including phenoxy) is 2. The largest absolute Gasteiger partial charge is 0.480 e. The number of carbonyl (C=O) groups excluding carboxylic acids is 2. The number of hydrogen-bond acceptors (Lipinski definition) is 7. The minimum absolute atomic E-state index is 0.00501. The van der Waals surface area contributed by atoms with Crippen molar-refractivity contribution < 1.29 is 19.1 Å². The van der Waals surface area contributed by atoms with Crippen LogP contribution in [0, 0.1) is 13.8 Å². The van der Waals surface area contributed by atoms with Gasteiger partial charge in [0.1, 0.15) is 22.5 Å². The van der Waals surface area contributed by atoms with E-state index in [9.17, 15) is 14.4 Å². The Bertz CT molecular complexity index is 2470. The zero-order valence-electron chi connectivity index (χ0n) is 32.5. The topological polar surface area (TPSA) is 129 Å². The van der Waals surface area contributed by atoms with Gasteiger partial charge in [-0.2, -0.15) is 0 Å². The highest BCUT2D eigenvalue weighted by Gasteiger charge is 2.34. The summed E-state index contributed by atoms with van der Waals surface area (Å²) in [5, 5.41) is 5.95. The van der Waals surface area contributed by atoms with Crippen LogP contribution in [0.1, 0.15) is 74.5 Å². The Hall–Kier alpha value is -5.91. The van der Waals surface area contributed by atoms with Crippen molar-refractivity contribution >= 4 is 46.4 Å². The number of anilines is 2. The molecule has 1 fully saturated rings. The average Bonchev–Trinajstić information content (AvgIpc) is 3.56. The normalized spacial score (nSPS) is 14.0. The quantitative estimate of drug-likeness (QED) is 0.119. The summed E-state index contributed by atoms with van der Waals surface area (Å²) in [4.78, 5) is 52.2. The second kappa shape index (κ2) is 18.1. The van der Waals surface area contributed by atoms with Crippen molar-refractivity contribution in [1.82, 2.24) is 19.1 Å². The molecule has 2 aromatic heterocycles. The minimum Gasteiger partial charge on any atom is -0.480 e. The third-order valence-corrected chi connectivity index (χ3v) is 11.0. The lowest BCUT2D eigenvalue weighted by atomic mass is 9.94. The molecule has 0 aliphatic heterocycles. The molecule has 0 bridgehead atoms. The fraction of sp³-hybridized carbons (Fsp3) is 0.267. The summed E-state index contributed by atoms with van der Waals surface area (Å²) in [5.74, 6) is 0.636. The van der Waals surface area contributed by atoms with Crippen LogP contribution in [0.15, 0.2) is 114 Å². The lowest BCUT2D eigenvalue weighted by Gasteiger charge is -2.29. The third kappa shape index (κ3) is 8.96. The molecule has 2 unspecified atom stereocenters. The zero-order valence-corrected chi connectivity index (χ0v) is 34.0. The van der Waals surface area contributed by atoms with Crippen LogP contribution in [0.5, 0.6) is 17.2 Å². The number of para-hydroxylation sites is 1. The van der Waals surface area contributed by atoms with Gasteiger partial charge in [-0.05, 0) is 80.6 Å². The molecule has 7 rings (SSSR count). The molecule has 0 saturated heterocycles. The standard InChI is InChI=1S/C45H44Cl2N6O5/c1-4-36(58-37-22-20-28(2)24-29(37)3)43(54)50-31-21-23-38(57-33-18-12-7-13-19-33)35(25-31)51-44(55)39(52-27-49-40(46)41(52)47)42-48-26-34(30-14-8-5-9-15-30)45(56)53(42)32-16-10-6-11-17-32/h5,7-9,12-15,18-27,32,36,39H,4,6,10-11,16-17H2,1-3H3,(H,50,54)(H,51,55). The lowest BCUT2D eigenvalue weighted by Crippen LogP contribution is -2.37. The second-order valence-corrected chi connectivity index (χ2v) is 15.1. The number of amides is 2. The Morgan fingerprint density at radius 2 is 1.55 bits per heavy atom. The molecule has 11 nitrogen and oxygen atoms in total. The van der Waals surface area contributed by atoms with Gasteiger partial charge in [-0.1, -0.05) is 116 Å². The fourth-order valence-electron chi connectivity index (χ4n) is 7.30. The molecule has 13 heteroatoms. The van der Waals surface area contributed by atoms with E-state index in [0.29, 0.717) is 40.5 Å². The summed E-state index contributed by atoms with van der Waals surface area (Å²) in [6, 6.07) is 27.7. The molecule has 0 radical (unpaired) electrons. The Balaban J connectivity index is 1.28. The van der Waals surface area contributed by atoms with Crippen LogP contribution in [0.4, 0.5) is 11.4 Å². The van der Waals surface area contributed by atoms with Crippen LogP contribution in [-0.2, 0) is 9.59 Å². The molecule has 58 heavy (non-hydrogen) atoms. The predicted octanol–water partition coefficient (Wildman–Crippen LogP) is 10.4. The Labute approximate surface area is 347 Å². The number of nitrogens with zero attached hydrogens (tertiary/aromatic N) is 4. The van der Waals surface area contributed by atoms with E-state index in [0.717, 1.165) is 43.2 Å². The monoisotopic (exact) mass is 818 g/mol. The van der Waals surface area contributed by atoms with Crippen LogP contribution < -0.4 is 25.7 Å². The number of aryl methyl sites for hydroxylation is 2. The zero-order chi connectivity index (χ0) is 40.8. The first-order valence-electron chi connectivity index (χ1n) is 19.4. The predicted molar refractivity (Wildman–Crippen MR) is 227 cm³/mol. The average molecular weight is 820 g/mol.